The van der Waals surface area contributed by atoms with Gasteiger partial charge in [-0.15, -0.1) is 68.0 Å². The molecule has 0 radical (unpaired) electrons. The van der Waals surface area contributed by atoms with Crippen molar-refractivity contribution < 1.29 is 0 Å². The number of thiophene rings is 6. The molecular formula is C32H26N2S6. The van der Waals surface area contributed by atoms with Crippen LogP contribution in [0, 0.1) is 0 Å². The fourth-order valence-corrected chi connectivity index (χ4v) is 10.6. The van der Waals surface area contributed by atoms with Gasteiger partial charge in [0, 0.05) is 61.2 Å². The van der Waals surface area contributed by atoms with Gasteiger partial charge in [0.2, 0.25) is 0 Å². The van der Waals surface area contributed by atoms with Crippen LogP contribution >= 0.6 is 68.0 Å². The Hall–Kier alpha value is -2.46. The van der Waals surface area contributed by atoms with Crippen molar-refractivity contribution >= 4 is 80.4 Å². The molecule has 2 nitrogen and oxygen atoms in total. The molecule has 1 aliphatic rings. The van der Waals surface area contributed by atoms with Gasteiger partial charge >= 0.3 is 0 Å². The molecule has 0 bridgehead atoms. The normalized spacial score (nSPS) is 17.9. The Morgan fingerprint density at radius 3 is 1.30 bits per heavy atom. The largest absolute Gasteiger partial charge is 0.286 e. The summed E-state index contributed by atoms with van der Waals surface area (Å²) >= 11 is 11.0. The number of aliphatic imine (C=N–C) groups is 2. The van der Waals surface area contributed by atoms with Gasteiger partial charge in [0.15, 0.2) is 0 Å². The summed E-state index contributed by atoms with van der Waals surface area (Å²) in [6.07, 6.45) is 8.87. The first-order valence-electron chi connectivity index (χ1n) is 13.3. The molecule has 6 aromatic heterocycles. The van der Waals surface area contributed by atoms with Crippen LogP contribution in [0.4, 0.5) is 0 Å². The van der Waals surface area contributed by atoms with E-state index in [0.29, 0.717) is 0 Å². The van der Waals surface area contributed by atoms with Crippen LogP contribution in [0.15, 0.2) is 93.5 Å². The molecule has 200 valence electrons. The third kappa shape index (κ3) is 5.93. The SMILES string of the molecule is C(=N[C@@H]1CCCC[C@H]1N=Cc1ccc(-c2ccc(-c3cccs3)s2)s1)c1ccc(-c2ccc(-c3cccs3)s2)s1. The van der Waals surface area contributed by atoms with E-state index in [2.05, 4.69) is 96.0 Å². The van der Waals surface area contributed by atoms with E-state index in [1.54, 1.807) is 22.7 Å². The van der Waals surface area contributed by atoms with Gasteiger partial charge in [-0.05, 0) is 84.3 Å². The van der Waals surface area contributed by atoms with Gasteiger partial charge < -0.3 is 0 Å². The van der Waals surface area contributed by atoms with E-state index in [0.717, 1.165) is 12.8 Å². The lowest BCUT2D eigenvalue weighted by atomic mass is 9.91. The minimum Gasteiger partial charge on any atom is -0.286 e. The Labute approximate surface area is 258 Å². The van der Waals surface area contributed by atoms with Crippen molar-refractivity contribution in [1.29, 1.82) is 0 Å². The van der Waals surface area contributed by atoms with Crippen LogP contribution in [0.3, 0.4) is 0 Å². The lowest BCUT2D eigenvalue weighted by Gasteiger charge is -2.25. The van der Waals surface area contributed by atoms with Crippen LogP contribution in [0.25, 0.3) is 39.0 Å². The Bertz CT molecular complexity index is 1600. The minimum atomic E-state index is 0.257. The highest BCUT2D eigenvalue weighted by Crippen LogP contribution is 2.40. The van der Waals surface area contributed by atoms with E-state index in [1.807, 2.05) is 45.3 Å². The van der Waals surface area contributed by atoms with Crippen LogP contribution in [-0.2, 0) is 0 Å². The second kappa shape index (κ2) is 12.2. The van der Waals surface area contributed by atoms with Crippen molar-refractivity contribution in [1.82, 2.24) is 0 Å². The van der Waals surface area contributed by atoms with Crippen molar-refractivity contribution in [3.8, 4) is 39.0 Å². The lowest BCUT2D eigenvalue weighted by molar-refractivity contribution is 0.390. The second-order valence-electron chi connectivity index (χ2n) is 9.66. The summed E-state index contributed by atoms with van der Waals surface area (Å²) in [7, 11) is 0. The molecule has 0 spiro atoms. The molecule has 6 heterocycles. The zero-order valence-electron chi connectivity index (χ0n) is 21.6. The van der Waals surface area contributed by atoms with E-state index in [9.17, 15) is 0 Å². The maximum Gasteiger partial charge on any atom is 0.0723 e. The summed E-state index contributed by atoms with van der Waals surface area (Å²) in [6, 6.07) is 27.0. The van der Waals surface area contributed by atoms with Crippen molar-refractivity contribution in [2.75, 3.05) is 0 Å². The average Bonchev–Trinajstić information content (AvgIpc) is 3.83. The Morgan fingerprint density at radius 2 is 0.875 bits per heavy atom. The molecule has 0 aliphatic heterocycles. The van der Waals surface area contributed by atoms with E-state index < -0.39 is 0 Å². The number of hydrogen-bond acceptors (Lipinski definition) is 8. The van der Waals surface area contributed by atoms with E-state index in [1.165, 1.54) is 61.6 Å². The summed E-state index contributed by atoms with van der Waals surface area (Å²) in [5.74, 6) is 0. The van der Waals surface area contributed by atoms with Gasteiger partial charge in [-0.3, -0.25) is 9.98 Å². The highest BCUT2D eigenvalue weighted by atomic mass is 32.1. The van der Waals surface area contributed by atoms with Gasteiger partial charge in [-0.25, -0.2) is 0 Å². The molecule has 1 saturated carbocycles. The van der Waals surface area contributed by atoms with Crippen molar-refractivity contribution in [3.63, 3.8) is 0 Å². The quantitative estimate of drug-likeness (QED) is 0.150. The summed E-state index contributed by atoms with van der Waals surface area (Å²) < 4.78 is 0. The van der Waals surface area contributed by atoms with Crippen molar-refractivity contribution in [3.05, 3.63) is 93.3 Å². The molecular weight excluding hydrogens is 605 g/mol. The molecule has 0 saturated heterocycles. The maximum absolute atomic E-state index is 5.06. The van der Waals surface area contributed by atoms with E-state index in [-0.39, 0.29) is 12.1 Å². The van der Waals surface area contributed by atoms with Gasteiger partial charge in [-0.1, -0.05) is 25.0 Å². The number of hydrogen-bond donors (Lipinski definition) is 0. The van der Waals surface area contributed by atoms with Crippen LogP contribution < -0.4 is 0 Å². The van der Waals surface area contributed by atoms with E-state index >= 15 is 0 Å². The Balaban J connectivity index is 1.01. The Kier molecular flexibility index (Phi) is 8.06. The van der Waals surface area contributed by atoms with E-state index in [4.69, 9.17) is 9.98 Å². The predicted octanol–water partition coefficient (Wildman–Crippen LogP) is 11.6. The monoisotopic (exact) mass is 630 g/mol. The number of nitrogens with zero attached hydrogens (tertiary/aromatic N) is 2. The van der Waals surface area contributed by atoms with Gasteiger partial charge in [0.1, 0.15) is 0 Å². The highest BCUT2D eigenvalue weighted by molar-refractivity contribution is 7.27. The topological polar surface area (TPSA) is 24.7 Å². The van der Waals surface area contributed by atoms with Crippen molar-refractivity contribution in [2.24, 2.45) is 9.98 Å². The van der Waals surface area contributed by atoms with Gasteiger partial charge in [-0.2, -0.15) is 0 Å². The maximum atomic E-state index is 5.06. The second-order valence-corrected chi connectivity index (χ2v) is 16.0. The summed E-state index contributed by atoms with van der Waals surface area (Å²) in [4.78, 5) is 23.2. The molecule has 0 N–H and O–H groups in total. The zero-order chi connectivity index (χ0) is 26.7. The third-order valence-electron chi connectivity index (χ3n) is 6.96. The summed E-state index contributed by atoms with van der Waals surface area (Å²) in [5.41, 5.74) is 0. The minimum absolute atomic E-state index is 0.257. The molecule has 7 rings (SSSR count). The molecule has 0 aromatic carbocycles. The first kappa shape index (κ1) is 26.4. The van der Waals surface area contributed by atoms with Crippen molar-refractivity contribution in [2.45, 2.75) is 37.8 Å². The van der Waals surface area contributed by atoms with Gasteiger partial charge in [0.05, 0.1) is 12.1 Å². The average molecular weight is 631 g/mol. The third-order valence-corrected chi connectivity index (χ3v) is 13.7. The summed E-state index contributed by atoms with van der Waals surface area (Å²) in [5, 5.41) is 4.28. The molecule has 40 heavy (non-hydrogen) atoms. The summed E-state index contributed by atoms with van der Waals surface area (Å²) in [6.45, 7) is 0. The van der Waals surface area contributed by atoms with Crippen LogP contribution in [0.5, 0.6) is 0 Å². The standard InChI is InChI=1S/C32H26N2S6/c1-2-6-24(34-20-22-10-12-30(38-22)32-16-14-28(40-32)26-8-4-18-36-26)23(5-1)33-19-21-9-11-29(37-21)31-15-13-27(39-31)25-7-3-17-35-25/h3-4,7-20,23-24H,1-2,5-6H2/t23-,24-/m1/s1. The highest BCUT2D eigenvalue weighted by Gasteiger charge is 2.23. The van der Waals surface area contributed by atoms with Crippen LogP contribution in [-0.4, -0.2) is 24.5 Å². The molecule has 8 heteroatoms. The zero-order valence-corrected chi connectivity index (χ0v) is 26.5. The van der Waals surface area contributed by atoms with Crippen LogP contribution in [0.2, 0.25) is 0 Å². The fourth-order valence-electron chi connectivity index (χ4n) is 4.93. The smallest absolute Gasteiger partial charge is 0.0723 e. The first-order valence-corrected chi connectivity index (χ1v) is 18.4. The van der Waals surface area contributed by atoms with Crippen LogP contribution in [0.1, 0.15) is 35.4 Å². The molecule has 0 unspecified atom stereocenters. The Morgan fingerprint density at radius 1 is 0.475 bits per heavy atom. The fraction of sp³-hybridized carbons (Fsp3) is 0.188. The molecule has 6 aromatic rings. The molecule has 1 aliphatic carbocycles. The molecule has 2 atom stereocenters. The predicted molar refractivity (Wildman–Crippen MR) is 183 cm³/mol. The molecule has 0 amide bonds. The lowest BCUT2D eigenvalue weighted by Crippen LogP contribution is -2.27. The first-order chi connectivity index (χ1) is 19.8. The molecule has 1 fully saturated rings. The van der Waals surface area contributed by atoms with Gasteiger partial charge in [0.25, 0.3) is 0 Å². The number of rotatable bonds is 8.